The molecule has 138 valence electrons. The van der Waals surface area contributed by atoms with Gasteiger partial charge in [-0.1, -0.05) is 19.3 Å². The van der Waals surface area contributed by atoms with Gasteiger partial charge in [-0.15, -0.1) is 5.10 Å². The number of carbonyl (C=O) groups excluding carboxylic acids is 1. The van der Waals surface area contributed by atoms with Crippen molar-refractivity contribution in [2.24, 2.45) is 0 Å². The first kappa shape index (κ1) is 17.1. The van der Waals surface area contributed by atoms with Crippen LogP contribution < -0.4 is 5.32 Å². The van der Waals surface area contributed by atoms with E-state index in [0.29, 0.717) is 12.2 Å². The lowest BCUT2D eigenvalue weighted by molar-refractivity contribution is 0.0944. The van der Waals surface area contributed by atoms with Crippen LogP contribution in [0.15, 0.2) is 24.4 Å². The maximum atomic E-state index is 12.1. The van der Waals surface area contributed by atoms with Crippen LogP contribution in [0.3, 0.4) is 0 Å². The SMILES string of the molecule is O=C(NCc1cc2n(n1)CCCN(C1CCCCC1)C2)c1cccnn1. The van der Waals surface area contributed by atoms with Crippen LogP contribution in [0.25, 0.3) is 0 Å². The molecule has 0 unspecified atom stereocenters. The Morgan fingerprint density at radius 1 is 1.19 bits per heavy atom. The van der Waals surface area contributed by atoms with Crippen molar-refractivity contribution in [3.05, 3.63) is 41.5 Å². The fourth-order valence-electron chi connectivity index (χ4n) is 4.07. The van der Waals surface area contributed by atoms with Crippen LogP contribution >= 0.6 is 0 Å². The third-order valence-corrected chi connectivity index (χ3v) is 5.42. The zero-order chi connectivity index (χ0) is 17.8. The van der Waals surface area contributed by atoms with Crippen LogP contribution in [0, 0.1) is 0 Å². The number of aryl methyl sites for hydroxylation is 1. The minimum atomic E-state index is -0.217. The van der Waals surface area contributed by atoms with E-state index in [1.54, 1.807) is 18.3 Å². The minimum Gasteiger partial charge on any atom is -0.345 e. The van der Waals surface area contributed by atoms with Crippen LogP contribution in [0.1, 0.15) is 60.4 Å². The molecule has 2 aliphatic rings. The van der Waals surface area contributed by atoms with Gasteiger partial charge in [-0.3, -0.25) is 14.4 Å². The molecule has 7 heteroatoms. The quantitative estimate of drug-likeness (QED) is 0.910. The first-order valence-corrected chi connectivity index (χ1v) is 9.65. The summed E-state index contributed by atoms with van der Waals surface area (Å²) in [6, 6.07) is 6.23. The van der Waals surface area contributed by atoms with E-state index in [0.717, 1.165) is 37.8 Å². The van der Waals surface area contributed by atoms with Crippen molar-refractivity contribution in [2.75, 3.05) is 6.54 Å². The van der Waals surface area contributed by atoms with Gasteiger partial charge in [0.15, 0.2) is 5.69 Å². The highest BCUT2D eigenvalue weighted by molar-refractivity contribution is 5.91. The van der Waals surface area contributed by atoms with Crippen LogP contribution in [-0.4, -0.2) is 43.4 Å². The normalized spacial score (nSPS) is 18.9. The van der Waals surface area contributed by atoms with Crippen molar-refractivity contribution >= 4 is 5.91 Å². The number of aromatic nitrogens is 4. The molecule has 0 aromatic carbocycles. The lowest BCUT2D eigenvalue weighted by Gasteiger charge is -2.33. The van der Waals surface area contributed by atoms with E-state index in [1.165, 1.54) is 37.8 Å². The minimum absolute atomic E-state index is 0.217. The molecule has 1 fully saturated rings. The van der Waals surface area contributed by atoms with Gasteiger partial charge in [0.25, 0.3) is 5.91 Å². The number of fused-ring (bicyclic) bond motifs is 1. The zero-order valence-electron chi connectivity index (χ0n) is 15.1. The molecule has 1 amide bonds. The molecule has 0 saturated heterocycles. The van der Waals surface area contributed by atoms with E-state index < -0.39 is 0 Å². The number of nitrogens with one attached hydrogen (secondary N) is 1. The van der Waals surface area contributed by atoms with E-state index in [9.17, 15) is 4.79 Å². The molecular weight excluding hydrogens is 328 g/mol. The van der Waals surface area contributed by atoms with Gasteiger partial charge < -0.3 is 5.32 Å². The van der Waals surface area contributed by atoms with Gasteiger partial charge in [-0.05, 0) is 37.5 Å². The summed E-state index contributed by atoms with van der Waals surface area (Å²) >= 11 is 0. The highest BCUT2D eigenvalue weighted by Crippen LogP contribution is 2.25. The molecule has 1 aliphatic carbocycles. The van der Waals surface area contributed by atoms with Crippen LogP contribution in [0.5, 0.6) is 0 Å². The zero-order valence-corrected chi connectivity index (χ0v) is 15.1. The smallest absolute Gasteiger partial charge is 0.272 e. The molecule has 3 heterocycles. The molecule has 0 bridgehead atoms. The monoisotopic (exact) mass is 354 g/mol. The van der Waals surface area contributed by atoms with Crippen molar-refractivity contribution in [1.82, 2.24) is 30.2 Å². The lowest BCUT2D eigenvalue weighted by atomic mass is 9.94. The Morgan fingerprint density at radius 3 is 2.88 bits per heavy atom. The van der Waals surface area contributed by atoms with Gasteiger partial charge >= 0.3 is 0 Å². The topological polar surface area (TPSA) is 75.9 Å². The van der Waals surface area contributed by atoms with Gasteiger partial charge in [-0.2, -0.15) is 10.2 Å². The molecular formula is C19H26N6O. The van der Waals surface area contributed by atoms with Gasteiger partial charge in [0, 0.05) is 31.9 Å². The highest BCUT2D eigenvalue weighted by atomic mass is 16.1. The number of rotatable bonds is 4. The molecule has 1 aliphatic heterocycles. The van der Waals surface area contributed by atoms with Crippen molar-refractivity contribution in [3.63, 3.8) is 0 Å². The Balaban J connectivity index is 1.39. The highest BCUT2D eigenvalue weighted by Gasteiger charge is 2.24. The summed E-state index contributed by atoms with van der Waals surface area (Å²) in [6.07, 6.45) is 9.46. The third kappa shape index (κ3) is 3.93. The van der Waals surface area contributed by atoms with Gasteiger partial charge in [0.05, 0.1) is 17.9 Å². The summed E-state index contributed by atoms with van der Waals surface area (Å²) in [5.74, 6) is -0.217. The molecule has 0 atom stereocenters. The maximum absolute atomic E-state index is 12.1. The number of carbonyl (C=O) groups is 1. The summed E-state index contributed by atoms with van der Waals surface area (Å²) in [5.41, 5.74) is 2.50. The summed E-state index contributed by atoms with van der Waals surface area (Å²) in [4.78, 5) is 14.8. The molecule has 1 saturated carbocycles. The van der Waals surface area contributed by atoms with E-state index in [2.05, 4.69) is 31.2 Å². The maximum Gasteiger partial charge on any atom is 0.272 e. The van der Waals surface area contributed by atoms with Gasteiger partial charge in [-0.25, -0.2) is 0 Å². The fraction of sp³-hybridized carbons (Fsp3) is 0.579. The van der Waals surface area contributed by atoms with Crippen LogP contribution in [0.2, 0.25) is 0 Å². The predicted molar refractivity (Wildman–Crippen MR) is 97.3 cm³/mol. The van der Waals surface area contributed by atoms with Crippen molar-refractivity contribution in [3.8, 4) is 0 Å². The Morgan fingerprint density at radius 2 is 2.08 bits per heavy atom. The van der Waals surface area contributed by atoms with Gasteiger partial charge in [0.1, 0.15) is 0 Å². The van der Waals surface area contributed by atoms with E-state index in [1.807, 2.05) is 0 Å². The van der Waals surface area contributed by atoms with E-state index in [-0.39, 0.29) is 5.91 Å². The van der Waals surface area contributed by atoms with Crippen molar-refractivity contribution in [2.45, 2.75) is 64.2 Å². The summed E-state index contributed by atoms with van der Waals surface area (Å²) in [7, 11) is 0. The standard InChI is InChI=1S/C19H26N6O/c26-19(18-8-4-9-21-22-18)20-13-15-12-17-14-24(10-5-11-25(17)23-15)16-6-2-1-3-7-16/h4,8-9,12,16H,1-3,5-7,10-11,13-14H2,(H,20,26). The average Bonchev–Trinajstić information content (AvgIpc) is 2.97. The number of hydrogen-bond donors (Lipinski definition) is 1. The summed E-state index contributed by atoms with van der Waals surface area (Å²) in [6.45, 7) is 3.50. The second-order valence-electron chi connectivity index (χ2n) is 7.26. The first-order chi connectivity index (χ1) is 12.8. The molecule has 2 aromatic rings. The Kier molecular flexibility index (Phi) is 5.24. The Hall–Kier alpha value is -2.28. The average molecular weight is 354 g/mol. The predicted octanol–water partition coefficient (Wildman–Crippen LogP) is 2.14. The van der Waals surface area contributed by atoms with E-state index >= 15 is 0 Å². The van der Waals surface area contributed by atoms with Crippen molar-refractivity contribution in [1.29, 1.82) is 0 Å². The van der Waals surface area contributed by atoms with Crippen LogP contribution in [-0.2, 0) is 19.6 Å². The second kappa shape index (κ2) is 7.95. The van der Waals surface area contributed by atoms with Crippen LogP contribution in [0.4, 0.5) is 0 Å². The molecule has 1 N–H and O–H groups in total. The summed E-state index contributed by atoms with van der Waals surface area (Å²) in [5, 5.41) is 15.2. The molecule has 4 rings (SSSR count). The third-order valence-electron chi connectivity index (χ3n) is 5.42. The summed E-state index contributed by atoms with van der Waals surface area (Å²) < 4.78 is 2.12. The Labute approximate surface area is 153 Å². The lowest BCUT2D eigenvalue weighted by Crippen LogP contribution is -2.36. The van der Waals surface area contributed by atoms with Crippen molar-refractivity contribution < 1.29 is 4.79 Å². The number of hydrogen-bond acceptors (Lipinski definition) is 5. The number of amides is 1. The largest absolute Gasteiger partial charge is 0.345 e. The molecule has 2 aromatic heterocycles. The first-order valence-electron chi connectivity index (χ1n) is 9.65. The molecule has 0 radical (unpaired) electrons. The molecule has 7 nitrogen and oxygen atoms in total. The Bertz CT molecular complexity index is 738. The number of nitrogens with zero attached hydrogens (tertiary/aromatic N) is 5. The second-order valence-corrected chi connectivity index (χ2v) is 7.26. The molecule has 0 spiro atoms. The molecule has 26 heavy (non-hydrogen) atoms. The van der Waals surface area contributed by atoms with Gasteiger partial charge in [0.2, 0.25) is 0 Å². The van der Waals surface area contributed by atoms with E-state index in [4.69, 9.17) is 5.10 Å². The fourth-order valence-corrected chi connectivity index (χ4v) is 4.07.